The van der Waals surface area contributed by atoms with Crippen LogP contribution in [-0.4, -0.2) is 28.2 Å². The minimum Gasteiger partial charge on any atom is -0.245 e. The summed E-state index contributed by atoms with van der Waals surface area (Å²) in [5.41, 5.74) is 0.317. The zero-order chi connectivity index (χ0) is 9.47. The summed E-state index contributed by atoms with van der Waals surface area (Å²) >= 11 is 0. The Labute approximate surface area is 73.2 Å². The molecule has 68 valence electrons. The van der Waals surface area contributed by atoms with Gasteiger partial charge in [0.25, 0.3) is 10.0 Å². The van der Waals surface area contributed by atoms with Crippen molar-refractivity contribution in [2.45, 2.75) is 5.03 Å². The quantitative estimate of drug-likeness (QED) is 0.619. The molecule has 8 heteroatoms. The van der Waals surface area contributed by atoms with Crippen LogP contribution in [0.15, 0.2) is 23.6 Å². The molecular formula is C5H5N5O2S. The van der Waals surface area contributed by atoms with Gasteiger partial charge in [-0.3, -0.25) is 0 Å². The molecule has 7 nitrogen and oxygen atoms in total. The summed E-state index contributed by atoms with van der Waals surface area (Å²) in [4.78, 5) is 3.73. The maximum absolute atomic E-state index is 10.9. The fraction of sp³-hybridized carbons (Fsp3) is 0. The van der Waals surface area contributed by atoms with Gasteiger partial charge in [-0.1, -0.05) is 5.21 Å². The van der Waals surface area contributed by atoms with Crippen molar-refractivity contribution in [3.63, 3.8) is 0 Å². The van der Waals surface area contributed by atoms with Crippen LogP contribution in [0.4, 0.5) is 0 Å². The topological polar surface area (TPSA) is 103 Å². The molecule has 0 fully saturated rings. The van der Waals surface area contributed by atoms with Crippen molar-refractivity contribution in [1.82, 2.24) is 19.8 Å². The van der Waals surface area contributed by atoms with E-state index in [0.717, 1.165) is 0 Å². The molecule has 13 heavy (non-hydrogen) atoms. The first-order chi connectivity index (χ1) is 6.09. The molecule has 0 aromatic carbocycles. The molecule has 2 N–H and O–H groups in total. The van der Waals surface area contributed by atoms with Gasteiger partial charge in [-0.05, 0) is 6.07 Å². The van der Waals surface area contributed by atoms with Gasteiger partial charge in [0.1, 0.15) is 11.8 Å². The van der Waals surface area contributed by atoms with Gasteiger partial charge in [-0.25, -0.2) is 23.1 Å². The predicted octanol–water partition coefficient (Wildman–Crippen LogP) is -1.23. The Morgan fingerprint density at radius 3 is 2.92 bits per heavy atom. The molecule has 0 unspecified atom stereocenters. The average Bonchev–Trinajstić information content (AvgIpc) is 2.45. The van der Waals surface area contributed by atoms with Crippen LogP contribution >= 0.6 is 0 Å². The second-order valence-electron chi connectivity index (χ2n) is 2.35. The van der Waals surface area contributed by atoms with Crippen molar-refractivity contribution < 1.29 is 8.42 Å². The Kier molecular flexibility index (Phi) is 1.54. The third kappa shape index (κ3) is 1.25. The molecule has 0 spiro atoms. The van der Waals surface area contributed by atoms with Gasteiger partial charge < -0.3 is 0 Å². The highest BCUT2D eigenvalue weighted by atomic mass is 32.2. The highest BCUT2D eigenvalue weighted by Crippen LogP contribution is 2.09. The fourth-order valence-corrected chi connectivity index (χ4v) is 1.54. The van der Waals surface area contributed by atoms with Crippen molar-refractivity contribution in [2.24, 2.45) is 5.14 Å². The van der Waals surface area contributed by atoms with Gasteiger partial charge in [-0.2, -0.15) is 0 Å². The Morgan fingerprint density at radius 2 is 2.23 bits per heavy atom. The van der Waals surface area contributed by atoms with Crippen LogP contribution < -0.4 is 5.14 Å². The highest BCUT2D eigenvalue weighted by Gasteiger charge is 2.16. The molecule has 2 aromatic rings. The summed E-state index contributed by atoms with van der Waals surface area (Å²) in [6, 6.07) is 1.47. The lowest BCUT2D eigenvalue weighted by Gasteiger charge is -1.91. The van der Waals surface area contributed by atoms with Crippen LogP contribution in [0.1, 0.15) is 0 Å². The molecule has 2 heterocycles. The van der Waals surface area contributed by atoms with Gasteiger partial charge in [0.2, 0.25) is 5.03 Å². The number of hydrogen-bond acceptors (Lipinski definition) is 5. The zero-order valence-electron chi connectivity index (χ0n) is 6.32. The van der Waals surface area contributed by atoms with E-state index in [-0.39, 0.29) is 5.03 Å². The Bertz CT molecular complexity index is 545. The van der Waals surface area contributed by atoms with Gasteiger partial charge in [0.05, 0.1) is 0 Å². The second-order valence-corrected chi connectivity index (χ2v) is 3.83. The SMILES string of the molecule is NS(=O)(=O)c1nnn2cnccc12. The van der Waals surface area contributed by atoms with Gasteiger partial charge >= 0.3 is 0 Å². The minimum atomic E-state index is -3.81. The largest absolute Gasteiger partial charge is 0.259 e. The first-order valence-corrected chi connectivity index (χ1v) is 4.81. The molecule has 0 bridgehead atoms. The third-order valence-corrected chi connectivity index (χ3v) is 2.29. The lowest BCUT2D eigenvalue weighted by Crippen LogP contribution is -2.13. The van der Waals surface area contributed by atoms with Crippen LogP contribution in [-0.2, 0) is 10.0 Å². The van der Waals surface area contributed by atoms with Crippen molar-refractivity contribution in [3.05, 3.63) is 18.6 Å². The summed E-state index contributed by atoms with van der Waals surface area (Å²) < 4.78 is 23.1. The lowest BCUT2D eigenvalue weighted by molar-refractivity contribution is 0.594. The first-order valence-electron chi connectivity index (χ1n) is 3.27. The van der Waals surface area contributed by atoms with Crippen LogP contribution in [0.2, 0.25) is 0 Å². The van der Waals surface area contributed by atoms with Crippen LogP contribution in [0.5, 0.6) is 0 Å². The highest BCUT2D eigenvalue weighted by molar-refractivity contribution is 7.89. The summed E-state index contributed by atoms with van der Waals surface area (Å²) in [6.45, 7) is 0. The maximum atomic E-state index is 10.9. The van der Waals surface area contributed by atoms with E-state index >= 15 is 0 Å². The van der Waals surface area contributed by atoms with Gasteiger partial charge in [0.15, 0.2) is 0 Å². The molecule has 0 amide bonds. The van der Waals surface area contributed by atoms with E-state index < -0.39 is 10.0 Å². The first kappa shape index (κ1) is 8.08. The normalized spacial score (nSPS) is 12.1. The third-order valence-electron chi connectivity index (χ3n) is 1.46. The number of sulfonamides is 1. The molecule has 2 aromatic heterocycles. The molecule has 2 rings (SSSR count). The van der Waals surface area contributed by atoms with Gasteiger partial charge in [0, 0.05) is 6.20 Å². The molecule has 0 aliphatic rings. The number of nitrogens with zero attached hydrogens (tertiary/aromatic N) is 4. The number of aromatic nitrogens is 4. The number of hydrogen-bond donors (Lipinski definition) is 1. The van der Waals surface area contributed by atoms with E-state index in [2.05, 4.69) is 15.3 Å². The standard InChI is InChI=1S/C5H5N5O2S/c6-13(11,12)5-4-1-2-7-3-10(4)9-8-5/h1-3H,(H2,6,11,12). The second kappa shape index (κ2) is 2.47. The summed E-state index contributed by atoms with van der Waals surface area (Å²) in [5.74, 6) is 0. The van der Waals surface area contributed by atoms with E-state index in [0.29, 0.717) is 5.52 Å². The van der Waals surface area contributed by atoms with E-state index in [4.69, 9.17) is 5.14 Å². The van der Waals surface area contributed by atoms with E-state index in [1.165, 1.54) is 23.1 Å². The fourth-order valence-electron chi connectivity index (χ4n) is 0.937. The van der Waals surface area contributed by atoms with Crippen molar-refractivity contribution >= 4 is 15.5 Å². The molecule has 0 atom stereocenters. The zero-order valence-corrected chi connectivity index (χ0v) is 7.14. The lowest BCUT2D eigenvalue weighted by atomic mass is 10.5. The summed E-state index contributed by atoms with van der Waals surface area (Å²) in [6.07, 6.45) is 2.78. The predicted molar refractivity (Wildman–Crippen MR) is 42.2 cm³/mol. The van der Waals surface area contributed by atoms with Crippen LogP contribution in [0.25, 0.3) is 5.52 Å². The van der Waals surface area contributed by atoms with E-state index in [9.17, 15) is 8.42 Å². The van der Waals surface area contributed by atoms with E-state index in [1.54, 1.807) is 0 Å². The number of rotatable bonds is 1. The smallest absolute Gasteiger partial charge is 0.245 e. The Morgan fingerprint density at radius 1 is 1.46 bits per heavy atom. The molecule has 0 radical (unpaired) electrons. The maximum Gasteiger partial charge on any atom is 0.259 e. The Balaban J connectivity index is 2.87. The number of fused-ring (bicyclic) bond motifs is 1. The number of nitrogens with two attached hydrogens (primary N) is 1. The van der Waals surface area contributed by atoms with Gasteiger partial charge in [-0.15, -0.1) is 5.10 Å². The molecule has 0 aliphatic heterocycles. The molecule has 0 saturated heterocycles. The van der Waals surface area contributed by atoms with E-state index in [1.807, 2.05) is 0 Å². The van der Waals surface area contributed by atoms with Crippen LogP contribution in [0.3, 0.4) is 0 Å². The molecule has 0 aliphatic carbocycles. The number of primary sulfonamides is 1. The van der Waals surface area contributed by atoms with Crippen LogP contribution in [0, 0.1) is 0 Å². The summed E-state index contributed by atoms with van der Waals surface area (Å²) in [7, 11) is -3.81. The summed E-state index contributed by atoms with van der Waals surface area (Å²) in [5, 5.41) is 11.6. The van der Waals surface area contributed by atoms with Crippen molar-refractivity contribution in [3.8, 4) is 0 Å². The average molecular weight is 199 g/mol. The monoisotopic (exact) mass is 199 g/mol. The minimum absolute atomic E-state index is 0.241. The Hall–Kier alpha value is -1.54. The molecular weight excluding hydrogens is 194 g/mol. The van der Waals surface area contributed by atoms with Crippen molar-refractivity contribution in [2.75, 3.05) is 0 Å². The molecule has 0 saturated carbocycles. The van der Waals surface area contributed by atoms with Crippen molar-refractivity contribution in [1.29, 1.82) is 0 Å².